The van der Waals surface area contributed by atoms with Crippen LogP contribution < -0.4 is 0 Å². The van der Waals surface area contributed by atoms with E-state index in [9.17, 15) is 14.7 Å². The number of unbranched alkanes of at least 4 members (excludes halogenated alkanes) is 9. The molecule has 0 aliphatic heterocycles. The van der Waals surface area contributed by atoms with Crippen molar-refractivity contribution < 1.29 is 24.2 Å². The van der Waals surface area contributed by atoms with Crippen LogP contribution in [0.25, 0.3) is 0 Å². The zero-order valence-corrected chi connectivity index (χ0v) is 33.0. The zero-order chi connectivity index (χ0) is 37.8. The van der Waals surface area contributed by atoms with Gasteiger partial charge in [0.15, 0.2) is 6.10 Å². The van der Waals surface area contributed by atoms with Crippen molar-refractivity contribution in [3.63, 3.8) is 0 Å². The standard InChI is InChI=1S/C47H74O5/c1-3-5-7-9-11-13-15-17-19-20-21-22-23-24-25-26-28-30-32-34-36-38-40-42-47(50)52-45(43-48)44-51-46(49)41-39-37-35-33-31-29-27-18-16-14-12-10-8-6-4-2/h5,7,11-14,17-19,21-22,24-25,27-28,30,34,36,45,48H,3-4,6,8-10,15-16,20,23,26,29,31-33,35,37-44H2,1-2H3/b7-5-,13-11-,14-12-,19-17-,22-21-,25-24-,27-18-,30-28-,36-34-. The third-order valence-electron chi connectivity index (χ3n) is 8.05. The minimum absolute atomic E-state index is 0.104. The molecule has 1 N–H and O–H groups in total. The first-order valence-corrected chi connectivity index (χ1v) is 20.4. The molecule has 0 aromatic rings. The van der Waals surface area contributed by atoms with Gasteiger partial charge in [-0.25, -0.2) is 0 Å². The number of carbonyl (C=O) groups excluding carboxylic acids is 2. The SMILES string of the molecule is CC/C=C\C/C=C\C/C=C\C/C=C\C/C=C\C/C=C\C/C=C\CCCC(=O)OC(CO)COC(=O)CCCCCCC/C=C\C/C=C\CCCCC. The number of aliphatic hydroxyl groups excluding tert-OH is 1. The van der Waals surface area contributed by atoms with Crippen molar-refractivity contribution in [3.8, 4) is 0 Å². The molecule has 0 amide bonds. The fourth-order valence-electron chi connectivity index (χ4n) is 4.98. The molecule has 0 aliphatic rings. The van der Waals surface area contributed by atoms with Crippen LogP contribution in [-0.4, -0.2) is 36.4 Å². The van der Waals surface area contributed by atoms with Crippen molar-refractivity contribution in [2.24, 2.45) is 0 Å². The molecule has 0 aliphatic carbocycles. The molecule has 1 unspecified atom stereocenters. The molecule has 0 saturated carbocycles. The smallest absolute Gasteiger partial charge is 0.306 e. The largest absolute Gasteiger partial charge is 0.462 e. The van der Waals surface area contributed by atoms with Crippen LogP contribution in [0.2, 0.25) is 0 Å². The van der Waals surface area contributed by atoms with Crippen LogP contribution in [0.3, 0.4) is 0 Å². The maximum atomic E-state index is 12.2. The average molecular weight is 719 g/mol. The van der Waals surface area contributed by atoms with Gasteiger partial charge in [0.25, 0.3) is 0 Å². The van der Waals surface area contributed by atoms with E-state index in [0.717, 1.165) is 89.9 Å². The van der Waals surface area contributed by atoms with Gasteiger partial charge in [0.2, 0.25) is 0 Å². The van der Waals surface area contributed by atoms with Gasteiger partial charge in [-0.3, -0.25) is 9.59 Å². The first kappa shape index (κ1) is 48.6. The highest BCUT2D eigenvalue weighted by Gasteiger charge is 2.15. The molecule has 5 heteroatoms. The fraction of sp³-hybridized carbons (Fsp3) is 0.574. The molecule has 0 saturated heterocycles. The molecule has 0 radical (unpaired) electrons. The second-order valence-electron chi connectivity index (χ2n) is 13.0. The monoisotopic (exact) mass is 719 g/mol. The summed E-state index contributed by atoms with van der Waals surface area (Å²) in [5, 5.41) is 9.56. The lowest BCUT2D eigenvalue weighted by molar-refractivity contribution is -0.161. The van der Waals surface area contributed by atoms with Gasteiger partial charge in [0.05, 0.1) is 6.61 Å². The number of hydrogen-bond acceptors (Lipinski definition) is 5. The van der Waals surface area contributed by atoms with E-state index < -0.39 is 6.10 Å². The van der Waals surface area contributed by atoms with Crippen molar-refractivity contribution in [3.05, 3.63) is 109 Å². The first-order valence-electron chi connectivity index (χ1n) is 20.4. The number of aliphatic hydroxyl groups is 1. The molecule has 0 spiro atoms. The molecular weight excluding hydrogens is 645 g/mol. The Balaban J connectivity index is 3.75. The van der Waals surface area contributed by atoms with Crippen LogP contribution in [0, 0.1) is 0 Å². The normalized spacial score (nSPS) is 13.4. The predicted molar refractivity (Wildman–Crippen MR) is 223 cm³/mol. The van der Waals surface area contributed by atoms with E-state index >= 15 is 0 Å². The molecule has 292 valence electrons. The Labute approximate surface area is 319 Å². The van der Waals surface area contributed by atoms with Crippen LogP contribution in [0.4, 0.5) is 0 Å². The van der Waals surface area contributed by atoms with Crippen molar-refractivity contribution in [2.45, 2.75) is 161 Å². The maximum absolute atomic E-state index is 12.2. The van der Waals surface area contributed by atoms with Crippen LogP contribution in [0.1, 0.15) is 155 Å². The van der Waals surface area contributed by atoms with Gasteiger partial charge in [-0.2, -0.15) is 0 Å². The van der Waals surface area contributed by atoms with E-state index in [1.165, 1.54) is 32.1 Å². The topological polar surface area (TPSA) is 72.8 Å². The highest BCUT2D eigenvalue weighted by molar-refractivity contribution is 5.70. The Morgan fingerprint density at radius 3 is 1.31 bits per heavy atom. The summed E-state index contributed by atoms with van der Waals surface area (Å²) in [6, 6.07) is 0. The molecule has 0 fully saturated rings. The highest BCUT2D eigenvalue weighted by Crippen LogP contribution is 2.10. The summed E-state index contributed by atoms with van der Waals surface area (Å²) in [6.07, 6.45) is 60.1. The summed E-state index contributed by atoms with van der Waals surface area (Å²) in [5.41, 5.74) is 0. The van der Waals surface area contributed by atoms with Gasteiger partial charge in [-0.15, -0.1) is 0 Å². The van der Waals surface area contributed by atoms with Gasteiger partial charge < -0.3 is 14.6 Å². The minimum Gasteiger partial charge on any atom is -0.462 e. The molecule has 52 heavy (non-hydrogen) atoms. The Morgan fingerprint density at radius 2 is 0.846 bits per heavy atom. The van der Waals surface area contributed by atoms with Crippen LogP contribution >= 0.6 is 0 Å². The summed E-state index contributed by atoms with van der Waals surface area (Å²) in [4.78, 5) is 24.3. The quantitative estimate of drug-likeness (QED) is 0.0401. The molecular formula is C47H74O5. The first-order chi connectivity index (χ1) is 25.6. The molecule has 0 bridgehead atoms. The van der Waals surface area contributed by atoms with Crippen molar-refractivity contribution >= 4 is 11.9 Å². The van der Waals surface area contributed by atoms with E-state index in [0.29, 0.717) is 12.8 Å². The Bertz CT molecular complexity index is 1090. The summed E-state index contributed by atoms with van der Waals surface area (Å²) in [5.74, 6) is -0.689. The average Bonchev–Trinajstić information content (AvgIpc) is 3.15. The van der Waals surface area contributed by atoms with E-state index in [1.54, 1.807) is 0 Å². The Hall–Kier alpha value is -3.44. The number of carbonyl (C=O) groups is 2. The molecule has 0 heterocycles. The van der Waals surface area contributed by atoms with Crippen molar-refractivity contribution in [1.82, 2.24) is 0 Å². The number of allylic oxidation sites excluding steroid dienone is 18. The Morgan fingerprint density at radius 1 is 0.462 bits per heavy atom. The van der Waals surface area contributed by atoms with E-state index in [4.69, 9.17) is 9.47 Å². The van der Waals surface area contributed by atoms with Gasteiger partial charge in [-0.05, 0) is 96.3 Å². The van der Waals surface area contributed by atoms with Crippen LogP contribution in [0.15, 0.2) is 109 Å². The molecule has 5 nitrogen and oxygen atoms in total. The van der Waals surface area contributed by atoms with Crippen molar-refractivity contribution in [2.75, 3.05) is 13.2 Å². The third kappa shape index (κ3) is 39.3. The lowest BCUT2D eigenvalue weighted by Crippen LogP contribution is -2.28. The summed E-state index contributed by atoms with van der Waals surface area (Å²) >= 11 is 0. The van der Waals surface area contributed by atoms with E-state index in [1.807, 2.05) is 0 Å². The maximum Gasteiger partial charge on any atom is 0.306 e. The van der Waals surface area contributed by atoms with Crippen LogP contribution in [0.5, 0.6) is 0 Å². The van der Waals surface area contributed by atoms with Gasteiger partial charge >= 0.3 is 11.9 Å². The number of rotatable bonds is 35. The van der Waals surface area contributed by atoms with Gasteiger partial charge in [0.1, 0.15) is 6.61 Å². The number of ether oxygens (including phenoxy) is 2. The molecule has 1 atom stereocenters. The second kappa shape index (κ2) is 42.0. The third-order valence-corrected chi connectivity index (χ3v) is 8.05. The van der Waals surface area contributed by atoms with E-state index in [-0.39, 0.29) is 31.6 Å². The highest BCUT2D eigenvalue weighted by atomic mass is 16.6. The second-order valence-corrected chi connectivity index (χ2v) is 13.0. The number of esters is 2. The zero-order valence-electron chi connectivity index (χ0n) is 33.0. The minimum atomic E-state index is -0.815. The van der Waals surface area contributed by atoms with E-state index in [2.05, 4.69) is 123 Å². The lowest BCUT2D eigenvalue weighted by Gasteiger charge is -2.15. The number of hydrogen-bond donors (Lipinski definition) is 1. The molecule has 0 aromatic carbocycles. The van der Waals surface area contributed by atoms with Gasteiger partial charge in [0, 0.05) is 12.8 Å². The van der Waals surface area contributed by atoms with Crippen LogP contribution in [-0.2, 0) is 19.1 Å². The van der Waals surface area contributed by atoms with Gasteiger partial charge in [-0.1, -0.05) is 155 Å². The fourth-order valence-corrected chi connectivity index (χ4v) is 4.98. The predicted octanol–water partition coefficient (Wildman–Crippen LogP) is 13.1. The Kier molecular flexibility index (Phi) is 39.2. The van der Waals surface area contributed by atoms with Crippen molar-refractivity contribution in [1.29, 1.82) is 0 Å². The summed E-state index contributed by atoms with van der Waals surface area (Å²) in [7, 11) is 0. The summed E-state index contributed by atoms with van der Waals surface area (Å²) in [6.45, 7) is 3.91. The lowest BCUT2D eigenvalue weighted by atomic mass is 10.1. The summed E-state index contributed by atoms with van der Waals surface area (Å²) < 4.78 is 10.6. The molecule has 0 rings (SSSR count). The molecule has 0 aromatic heterocycles.